The summed E-state index contributed by atoms with van der Waals surface area (Å²) < 4.78 is 0. The van der Waals surface area contributed by atoms with Gasteiger partial charge in [0.2, 0.25) is 0 Å². The summed E-state index contributed by atoms with van der Waals surface area (Å²) in [7, 11) is 0. The van der Waals surface area contributed by atoms with Gasteiger partial charge in [-0.15, -0.1) is 29.2 Å². The Kier molecular flexibility index (Phi) is 6.83. The zero-order valence-corrected chi connectivity index (χ0v) is 21.8. The predicted molar refractivity (Wildman–Crippen MR) is 135 cm³/mol. The number of hydrogen-bond donors (Lipinski definition) is 0. The van der Waals surface area contributed by atoms with Gasteiger partial charge in [-0.05, 0) is 64.2 Å². The van der Waals surface area contributed by atoms with Crippen molar-refractivity contribution in [2.24, 2.45) is 4.99 Å². The number of benzene rings is 2. The van der Waals surface area contributed by atoms with E-state index in [1.165, 1.54) is 22.1 Å². The number of hydrogen-bond acceptors (Lipinski definition) is 3. The van der Waals surface area contributed by atoms with Gasteiger partial charge in [0.25, 0.3) is 0 Å². The number of aromatic nitrogens is 1. The van der Waals surface area contributed by atoms with Crippen molar-refractivity contribution in [1.82, 2.24) is 9.79 Å². The Morgan fingerprint density at radius 1 is 0.939 bits per heavy atom. The Balaban J connectivity index is 0.00000259. The fourth-order valence-corrected chi connectivity index (χ4v) is 4.74. The summed E-state index contributed by atoms with van der Waals surface area (Å²) in [6.07, 6.45) is 10.2. The summed E-state index contributed by atoms with van der Waals surface area (Å²) >= 11 is 0. The van der Waals surface area contributed by atoms with E-state index >= 15 is 0 Å². The van der Waals surface area contributed by atoms with Crippen LogP contribution in [0.5, 0.6) is 0 Å². The summed E-state index contributed by atoms with van der Waals surface area (Å²) in [5.74, 6) is 1.81. The van der Waals surface area contributed by atoms with E-state index in [0.717, 1.165) is 22.8 Å². The molecule has 2 aliphatic heterocycles. The molecule has 3 heterocycles. The van der Waals surface area contributed by atoms with E-state index in [1.54, 1.807) is 0 Å². The molecule has 0 atom stereocenters. The number of pyridine rings is 1. The van der Waals surface area contributed by atoms with E-state index in [0.29, 0.717) is 11.8 Å². The largest absolute Gasteiger partial charge is 0.370 e. The van der Waals surface area contributed by atoms with Crippen LogP contribution >= 0.6 is 0 Å². The third-order valence-electron chi connectivity index (χ3n) is 6.27. The van der Waals surface area contributed by atoms with Gasteiger partial charge >= 0.3 is 6.85 Å². The molecule has 5 heteroatoms. The first-order valence-corrected chi connectivity index (χ1v) is 11.4. The Bertz CT molecular complexity index is 1220. The molecule has 2 aromatic carbocycles. The second kappa shape index (κ2) is 9.63. The number of nitrogens with zero attached hydrogens (tertiary/aromatic N) is 3. The standard InChI is InChI=1S/C28H27BN3.Ir/c1-19(2)22-10-9-11-23(20(3)4)28(22)29-24-18-21(25-12-5-7-16-30-25)14-15-26(24)31-27-13-6-8-17-32(27)29;/h5-13,15-20H,1-4H3;/q-1;. The monoisotopic (exact) mass is 609 g/mol. The molecule has 5 rings (SSSR count). The summed E-state index contributed by atoms with van der Waals surface area (Å²) in [4.78, 5) is 11.9. The first-order valence-electron chi connectivity index (χ1n) is 11.4. The second-order valence-corrected chi connectivity index (χ2v) is 9.04. The van der Waals surface area contributed by atoms with Crippen LogP contribution in [0.25, 0.3) is 11.3 Å². The molecular formula is C28H27BIrN3-. The summed E-state index contributed by atoms with van der Waals surface area (Å²) in [5.41, 5.74) is 8.28. The normalized spacial score (nSPS) is 14.2. The minimum Gasteiger partial charge on any atom is -0.370 e. The van der Waals surface area contributed by atoms with Crippen molar-refractivity contribution < 1.29 is 20.1 Å². The molecule has 3 nitrogen and oxygen atoms in total. The van der Waals surface area contributed by atoms with E-state index in [-0.39, 0.29) is 27.0 Å². The predicted octanol–water partition coefficient (Wildman–Crippen LogP) is 5.33. The number of allylic oxidation sites excluding steroid dienone is 2. The molecule has 0 aliphatic carbocycles. The van der Waals surface area contributed by atoms with Crippen LogP contribution in [0.1, 0.15) is 50.7 Å². The molecule has 0 spiro atoms. The maximum absolute atomic E-state index is 4.98. The Morgan fingerprint density at radius 3 is 2.36 bits per heavy atom. The first-order chi connectivity index (χ1) is 15.5. The van der Waals surface area contributed by atoms with Crippen molar-refractivity contribution in [3.63, 3.8) is 0 Å². The van der Waals surface area contributed by atoms with Crippen LogP contribution in [-0.2, 0) is 20.1 Å². The number of fused-ring (bicyclic) bond motifs is 2. The molecule has 0 bridgehead atoms. The van der Waals surface area contributed by atoms with E-state index in [2.05, 4.69) is 92.2 Å². The molecule has 1 aromatic heterocycles. The summed E-state index contributed by atoms with van der Waals surface area (Å²) in [6, 6.07) is 20.5. The van der Waals surface area contributed by atoms with Crippen molar-refractivity contribution in [3.05, 3.63) is 96.3 Å². The molecule has 0 amide bonds. The van der Waals surface area contributed by atoms with Gasteiger partial charge in [0.1, 0.15) is 5.84 Å². The molecule has 167 valence electrons. The van der Waals surface area contributed by atoms with Crippen LogP contribution in [0.2, 0.25) is 0 Å². The smallest absolute Gasteiger partial charge is 0.312 e. The van der Waals surface area contributed by atoms with Crippen LogP contribution in [0.15, 0.2) is 84.1 Å². The summed E-state index contributed by atoms with van der Waals surface area (Å²) in [5, 5.41) is 0. The topological polar surface area (TPSA) is 28.5 Å². The van der Waals surface area contributed by atoms with Gasteiger partial charge in [-0.3, -0.25) is 4.99 Å². The van der Waals surface area contributed by atoms with Crippen LogP contribution in [0.3, 0.4) is 0 Å². The van der Waals surface area contributed by atoms with Gasteiger partial charge in [0, 0.05) is 26.3 Å². The van der Waals surface area contributed by atoms with Gasteiger partial charge < -0.3 is 9.79 Å². The maximum Gasteiger partial charge on any atom is 0.312 e. The fraction of sp³-hybridized carbons (Fsp3) is 0.214. The quantitative estimate of drug-likeness (QED) is 0.296. The van der Waals surface area contributed by atoms with E-state index in [4.69, 9.17) is 4.99 Å². The number of rotatable bonds is 4. The summed E-state index contributed by atoms with van der Waals surface area (Å²) in [6.45, 7) is 9.18. The first kappa shape index (κ1) is 23.4. The van der Waals surface area contributed by atoms with Gasteiger partial charge in [-0.1, -0.05) is 64.1 Å². The third kappa shape index (κ3) is 4.28. The Morgan fingerprint density at radius 2 is 1.70 bits per heavy atom. The van der Waals surface area contributed by atoms with Gasteiger partial charge in [-0.2, -0.15) is 0 Å². The van der Waals surface area contributed by atoms with Crippen molar-refractivity contribution in [1.29, 1.82) is 0 Å². The molecule has 0 unspecified atom stereocenters. The minimum atomic E-state index is 0. The van der Waals surface area contributed by atoms with Crippen molar-refractivity contribution in [2.75, 3.05) is 0 Å². The van der Waals surface area contributed by atoms with E-state index in [9.17, 15) is 0 Å². The van der Waals surface area contributed by atoms with Gasteiger partial charge in [0.05, 0.1) is 0 Å². The van der Waals surface area contributed by atoms with Crippen LogP contribution in [0, 0.1) is 6.07 Å². The zero-order chi connectivity index (χ0) is 22.2. The van der Waals surface area contributed by atoms with Gasteiger partial charge in [0.15, 0.2) is 0 Å². The molecule has 3 aromatic rings. The van der Waals surface area contributed by atoms with Gasteiger partial charge in [-0.25, -0.2) is 0 Å². The van der Waals surface area contributed by atoms with Crippen LogP contribution in [0.4, 0.5) is 5.69 Å². The zero-order valence-electron chi connectivity index (χ0n) is 19.4. The fourth-order valence-electron chi connectivity index (χ4n) is 4.74. The second-order valence-electron chi connectivity index (χ2n) is 9.04. The minimum absolute atomic E-state index is 0. The molecular weight excluding hydrogens is 581 g/mol. The Labute approximate surface area is 210 Å². The average molecular weight is 609 g/mol. The van der Waals surface area contributed by atoms with Crippen molar-refractivity contribution >= 4 is 29.3 Å². The average Bonchev–Trinajstić information content (AvgIpc) is 2.82. The van der Waals surface area contributed by atoms with Crippen molar-refractivity contribution in [3.8, 4) is 11.3 Å². The molecule has 0 fully saturated rings. The molecule has 0 saturated carbocycles. The number of aliphatic imine (C=N–C) groups is 1. The van der Waals surface area contributed by atoms with E-state index < -0.39 is 0 Å². The molecule has 33 heavy (non-hydrogen) atoms. The van der Waals surface area contributed by atoms with Crippen molar-refractivity contribution in [2.45, 2.75) is 39.5 Å². The number of amidine groups is 1. The van der Waals surface area contributed by atoms with E-state index in [1.807, 2.05) is 30.5 Å². The molecule has 2 aliphatic rings. The van der Waals surface area contributed by atoms with Crippen LogP contribution < -0.4 is 10.9 Å². The maximum atomic E-state index is 4.98. The third-order valence-corrected chi connectivity index (χ3v) is 6.27. The molecule has 0 N–H and O–H groups in total. The molecule has 1 radical (unpaired) electrons. The Hall–Kier alpha value is -2.75. The SMILES string of the molecule is CC(C)c1cccc(C(C)C)c1B1c2cc(-c3ccccn3)[c-]cc2N=C2C=CC=CN12.[Ir]. The molecule has 0 saturated heterocycles. The van der Waals surface area contributed by atoms with Crippen LogP contribution in [-0.4, -0.2) is 22.5 Å².